The number of carbonyl (C=O) groups is 1. The molecule has 2 heterocycles. The van der Waals surface area contributed by atoms with Crippen molar-refractivity contribution in [2.45, 2.75) is 10.1 Å². The summed E-state index contributed by atoms with van der Waals surface area (Å²) in [5.41, 5.74) is -0.247. The lowest BCUT2D eigenvalue weighted by Crippen LogP contribution is -2.01. The van der Waals surface area contributed by atoms with Crippen molar-refractivity contribution in [3.8, 4) is 0 Å². The fourth-order valence-electron chi connectivity index (χ4n) is 1.35. The van der Waals surface area contributed by atoms with Crippen LogP contribution in [0.2, 0.25) is 0 Å². The number of carboxylic acid groups (broad SMARTS) is 1. The van der Waals surface area contributed by atoms with Crippen molar-refractivity contribution in [2.24, 2.45) is 0 Å². The van der Waals surface area contributed by atoms with E-state index in [1.807, 2.05) is 0 Å². The van der Waals surface area contributed by atoms with Gasteiger partial charge in [-0.25, -0.2) is 14.8 Å². The SMILES string of the molecule is O=C(O)c1cccnc1Sc1ncc(Br)cc1[N+](=O)[O-]. The van der Waals surface area contributed by atoms with E-state index < -0.39 is 10.9 Å². The van der Waals surface area contributed by atoms with Gasteiger partial charge in [-0.15, -0.1) is 0 Å². The average molecular weight is 356 g/mol. The maximum Gasteiger partial charge on any atom is 0.338 e. The number of nitro groups is 1. The molecular formula is C11H6BrN3O4S. The van der Waals surface area contributed by atoms with E-state index in [4.69, 9.17) is 5.11 Å². The number of hydrogen-bond donors (Lipinski definition) is 1. The van der Waals surface area contributed by atoms with Gasteiger partial charge < -0.3 is 5.11 Å². The zero-order valence-electron chi connectivity index (χ0n) is 9.69. The van der Waals surface area contributed by atoms with Crippen LogP contribution in [0.4, 0.5) is 5.69 Å². The highest BCUT2D eigenvalue weighted by molar-refractivity contribution is 9.10. The molecule has 0 aliphatic rings. The first-order chi connectivity index (χ1) is 9.49. The van der Waals surface area contributed by atoms with Crippen molar-refractivity contribution in [3.05, 3.63) is 50.7 Å². The Balaban J connectivity index is 2.45. The van der Waals surface area contributed by atoms with Crippen LogP contribution < -0.4 is 0 Å². The first-order valence-electron chi connectivity index (χ1n) is 5.15. The van der Waals surface area contributed by atoms with Crippen molar-refractivity contribution >= 4 is 39.3 Å². The van der Waals surface area contributed by atoms with Gasteiger partial charge in [0.15, 0.2) is 5.03 Å². The van der Waals surface area contributed by atoms with Crippen LogP contribution in [0.25, 0.3) is 0 Å². The molecule has 0 saturated heterocycles. The molecule has 2 rings (SSSR count). The lowest BCUT2D eigenvalue weighted by atomic mass is 10.3. The lowest BCUT2D eigenvalue weighted by Gasteiger charge is -2.04. The fraction of sp³-hybridized carbons (Fsp3) is 0. The van der Waals surface area contributed by atoms with Gasteiger partial charge >= 0.3 is 11.7 Å². The van der Waals surface area contributed by atoms with E-state index in [0.29, 0.717) is 4.47 Å². The van der Waals surface area contributed by atoms with Crippen LogP contribution in [0, 0.1) is 10.1 Å². The molecule has 0 saturated carbocycles. The molecule has 9 heteroatoms. The monoisotopic (exact) mass is 355 g/mol. The number of aromatic nitrogens is 2. The molecule has 0 aliphatic carbocycles. The van der Waals surface area contributed by atoms with Crippen molar-refractivity contribution in [1.82, 2.24) is 9.97 Å². The summed E-state index contributed by atoms with van der Waals surface area (Å²) in [4.78, 5) is 29.3. The zero-order valence-corrected chi connectivity index (χ0v) is 12.1. The van der Waals surface area contributed by atoms with Crippen LogP contribution in [0.1, 0.15) is 10.4 Å². The molecule has 1 N–H and O–H groups in total. The van der Waals surface area contributed by atoms with Crippen LogP contribution in [0.5, 0.6) is 0 Å². The van der Waals surface area contributed by atoms with E-state index in [0.717, 1.165) is 11.8 Å². The number of pyridine rings is 2. The van der Waals surface area contributed by atoms with E-state index in [9.17, 15) is 14.9 Å². The van der Waals surface area contributed by atoms with Gasteiger partial charge in [-0.3, -0.25) is 10.1 Å². The van der Waals surface area contributed by atoms with Crippen LogP contribution in [-0.2, 0) is 0 Å². The summed E-state index contributed by atoms with van der Waals surface area (Å²) in [7, 11) is 0. The highest BCUT2D eigenvalue weighted by Gasteiger charge is 2.20. The Kier molecular flexibility index (Phi) is 4.30. The zero-order chi connectivity index (χ0) is 14.7. The minimum absolute atomic E-state index is 0.0310. The molecule has 2 aromatic rings. The summed E-state index contributed by atoms with van der Waals surface area (Å²) in [5, 5.41) is 20.3. The van der Waals surface area contributed by atoms with E-state index >= 15 is 0 Å². The van der Waals surface area contributed by atoms with Gasteiger partial charge in [-0.1, -0.05) is 0 Å². The summed E-state index contributed by atoms with van der Waals surface area (Å²) in [6.45, 7) is 0. The summed E-state index contributed by atoms with van der Waals surface area (Å²) < 4.78 is 0.466. The third-order valence-corrected chi connectivity index (χ3v) is 3.65. The van der Waals surface area contributed by atoms with Gasteiger partial charge in [0.1, 0.15) is 5.03 Å². The molecule has 0 fully saturated rings. The molecule has 0 radical (unpaired) electrons. The standard InChI is InChI=1S/C11H6BrN3O4S/c12-6-4-8(15(18)19)10(14-5-6)20-9-7(11(16)17)2-1-3-13-9/h1-5H,(H,16,17). The van der Waals surface area contributed by atoms with Gasteiger partial charge in [-0.2, -0.15) is 0 Å². The number of aromatic carboxylic acids is 1. The lowest BCUT2D eigenvalue weighted by molar-refractivity contribution is -0.388. The second-order valence-corrected chi connectivity index (χ2v) is 5.39. The number of nitrogens with zero attached hydrogens (tertiary/aromatic N) is 3. The van der Waals surface area contributed by atoms with E-state index in [-0.39, 0.29) is 21.3 Å². The van der Waals surface area contributed by atoms with Gasteiger partial charge in [0.25, 0.3) is 0 Å². The molecule has 2 aromatic heterocycles. The first-order valence-corrected chi connectivity index (χ1v) is 6.76. The highest BCUT2D eigenvalue weighted by Crippen LogP contribution is 2.34. The molecule has 0 aromatic carbocycles. The van der Waals surface area contributed by atoms with Gasteiger partial charge in [-0.05, 0) is 39.8 Å². The summed E-state index contributed by atoms with van der Waals surface area (Å²) >= 11 is 3.94. The molecular weight excluding hydrogens is 350 g/mol. The molecule has 0 aliphatic heterocycles. The molecule has 0 unspecified atom stereocenters. The molecule has 0 bridgehead atoms. The quantitative estimate of drug-likeness (QED) is 0.663. The predicted molar refractivity (Wildman–Crippen MR) is 73.9 cm³/mol. The Morgan fingerprint density at radius 2 is 2.15 bits per heavy atom. The average Bonchev–Trinajstić information content (AvgIpc) is 2.41. The van der Waals surface area contributed by atoms with Crippen LogP contribution in [0.15, 0.2) is 45.1 Å². The van der Waals surface area contributed by atoms with Crippen molar-refractivity contribution in [2.75, 3.05) is 0 Å². The second-order valence-electron chi connectivity index (χ2n) is 3.50. The minimum Gasteiger partial charge on any atom is -0.478 e. The molecule has 20 heavy (non-hydrogen) atoms. The van der Waals surface area contributed by atoms with Crippen LogP contribution in [-0.4, -0.2) is 26.0 Å². The Labute approximate surface area is 125 Å². The Morgan fingerprint density at radius 3 is 2.80 bits per heavy atom. The summed E-state index contributed by atoms with van der Waals surface area (Å²) in [5.74, 6) is -1.15. The Hall–Kier alpha value is -2.00. The number of rotatable bonds is 4. The van der Waals surface area contributed by atoms with Crippen molar-refractivity contribution in [3.63, 3.8) is 0 Å². The van der Waals surface area contributed by atoms with Crippen LogP contribution in [0.3, 0.4) is 0 Å². The maximum absolute atomic E-state index is 11.1. The molecule has 102 valence electrons. The largest absolute Gasteiger partial charge is 0.478 e. The fourth-order valence-corrected chi connectivity index (χ4v) is 2.58. The number of halogens is 1. The normalized spacial score (nSPS) is 10.2. The third kappa shape index (κ3) is 3.11. The van der Waals surface area contributed by atoms with E-state index in [1.165, 1.54) is 30.6 Å². The van der Waals surface area contributed by atoms with Crippen molar-refractivity contribution in [1.29, 1.82) is 0 Å². The summed E-state index contributed by atoms with van der Waals surface area (Å²) in [6.07, 6.45) is 2.82. The Morgan fingerprint density at radius 1 is 1.40 bits per heavy atom. The predicted octanol–water partition coefficient (Wildman–Crippen LogP) is 3.00. The van der Waals surface area contributed by atoms with Gasteiger partial charge in [0.05, 0.1) is 10.5 Å². The molecule has 0 amide bonds. The van der Waals surface area contributed by atoms with Gasteiger partial charge in [0, 0.05) is 22.9 Å². The smallest absolute Gasteiger partial charge is 0.338 e. The molecule has 7 nitrogen and oxygen atoms in total. The second kappa shape index (κ2) is 5.97. The Bertz CT molecular complexity index is 695. The van der Waals surface area contributed by atoms with Crippen molar-refractivity contribution < 1.29 is 14.8 Å². The first kappa shape index (κ1) is 14.4. The minimum atomic E-state index is -1.15. The maximum atomic E-state index is 11.1. The molecule has 0 spiro atoms. The molecule has 0 atom stereocenters. The van der Waals surface area contributed by atoms with Crippen LogP contribution >= 0.6 is 27.7 Å². The third-order valence-electron chi connectivity index (χ3n) is 2.19. The van der Waals surface area contributed by atoms with Gasteiger partial charge in [0.2, 0.25) is 0 Å². The number of hydrogen-bond acceptors (Lipinski definition) is 6. The van der Waals surface area contributed by atoms with E-state index in [1.54, 1.807) is 0 Å². The highest BCUT2D eigenvalue weighted by atomic mass is 79.9. The number of carboxylic acids is 1. The summed E-state index contributed by atoms with van der Waals surface area (Å²) in [6, 6.07) is 4.16. The topological polar surface area (TPSA) is 106 Å². The van der Waals surface area contributed by atoms with E-state index in [2.05, 4.69) is 25.9 Å².